The van der Waals surface area contributed by atoms with Crippen LogP contribution in [-0.4, -0.2) is 175 Å². The molecule has 0 saturated heterocycles. The van der Waals surface area contributed by atoms with Crippen LogP contribution in [0.5, 0.6) is 0 Å². The zero-order valence-electron chi connectivity index (χ0n) is 36.5. The molecular weight excluding hydrogens is 891 g/mol. The molecule has 2 rings (SSSR count). The van der Waals surface area contributed by atoms with Crippen LogP contribution in [0.25, 0.3) is 0 Å². The van der Waals surface area contributed by atoms with Gasteiger partial charge >= 0.3 is 11.9 Å². The Kier molecular flexibility index (Phi) is 23.2. The molecule has 27 heteroatoms. The number of amides is 8. The van der Waals surface area contributed by atoms with Gasteiger partial charge in [-0.05, 0) is 32.8 Å². The maximum absolute atomic E-state index is 13.8. The fraction of sp³-hybridized carbons (Fsp3) is 0.500. The first-order valence-corrected chi connectivity index (χ1v) is 20.5. The topological polar surface area (TPSA) is 440 Å². The number of aliphatic hydroxyl groups is 3. The Morgan fingerprint density at radius 3 is 1.81 bits per heavy atom. The fourth-order valence-electron chi connectivity index (χ4n) is 5.86. The van der Waals surface area contributed by atoms with Crippen LogP contribution < -0.4 is 48.3 Å². The summed E-state index contributed by atoms with van der Waals surface area (Å²) < 4.78 is 0. The minimum absolute atomic E-state index is 0.0326. The summed E-state index contributed by atoms with van der Waals surface area (Å²) in [5.74, 6) is -11.3. The number of benzene rings is 1. The second kappa shape index (κ2) is 27.8. The molecule has 8 amide bonds. The normalized spacial score (nSPS) is 15.4. The van der Waals surface area contributed by atoms with Crippen LogP contribution in [0.4, 0.5) is 0 Å². The highest BCUT2D eigenvalue weighted by Gasteiger charge is 2.35. The molecule has 0 fully saturated rings. The first-order valence-electron chi connectivity index (χ1n) is 20.5. The maximum Gasteiger partial charge on any atom is 0.305 e. The molecule has 0 aliphatic rings. The molecule has 10 atom stereocenters. The Morgan fingerprint density at radius 1 is 0.687 bits per heavy atom. The summed E-state index contributed by atoms with van der Waals surface area (Å²) in [7, 11) is 0. The zero-order chi connectivity index (χ0) is 50.4. The number of aromatic nitrogens is 2. The molecule has 0 aliphatic carbocycles. The maximum atomic E-state index is 13.8. The molecule has 27 nitrogen and oxygen atoms in total. The number of H-pyrrole nitrogens is 1. The lowest BCUT2D eigenvalue weighted by molar-refractivity contribution is -0.139. The quantitative estimate of drug-likeness (QED) is 0.0360. The Hall–Kier alpha value is -7.36. The third-order valence-electron chi connectivity index (χ3n) is 9.49. The Balaban J connectivity index is 2.17. The van der Waals surface area contributed by atoms with E-state index in [-0.39, 0.29) is 12.8 Å². The predicted molar refractivity (Wildman–Crippen MR) is 228 cm³/mol. The highest BCUT2D eigenvalue weighted by atomic mass is 16.4. The monoisotopic (exact) mass is 946 g/mol. The van der Waals surface area contributed by atoms with E-state index in [4.69, 9.17) is 10.8 Å². The van der Waals surface area contributed by atoms with Crippen molar-refractivity contribution in [1.29, 1.82) is 0 Å². The molecular formula is C40H56N11O16. The molecule has 0 bridgehead atoms. The van der Waals surface area contributed by atoms with Gasteiger partial charge in [-0.2, -0.15) is 0 Å². The van der Waals surface area contributed by atoms with Crippen molar-refractivity contribution in [3.8, 4) is 0 Å². The molecule has 1 aromatic heterocycles. The zero-order valence-corrected chi connectivity index (χ0v) is 36.5. The summed E-state index contributed by atoms with van der Waals surface area (Å²) in [5, 5.41) is 66.6. The third-order valence-corrected chi connectivity index (χ3v) is 9.49. The Bertz CT molecular complexity index is 2040. The van der Waals surface area contributed by atoms with Crippen LogP contribution in [0.3, 0.4) is 0 Å². The highest BCUT2D eigenvalue weighted by molar-refractivity contribution is 5.97. The van der Waals surface area contributed by atoms with Gasteiger partial charge in [0.2, 0.25) is 53.5 Å². The number of carboxylic acids is 2. The molecule has 67 heavy (non-hydrogen) atoms. The van der Waals surface area contributed by atoms with Crippen molar-refractivity contribution in [2.24, 2.45) is 5.73 Å². The van der Waals surface area contributed by atoms with Gasteiger partial charge in [0.25, 0.3) is 0 Å². The number of carboxylic acid groups (broad SMARTS) is 2. The first kappa shape index (κ1) is 55.8. The smallest absolute Gasteiger partial charge is 0.305 e. The van der Waals surface area contributed by atoms with E-state index in [1.165, 1.54) is 25.7 Å². The van der Waals surface area contributed by atoms with Gasteiger partial charge in [-0.25, -0.2) is 4.98 Å². The van der Waals surface area contributed by atoms with Gasteiger partial charge in [0, 0.05) is 25.5 Å². The molecule has 1 radical (unpaired) electrons. The number of carbonyl (C=O) groups is 10. The number of aliphatic hydroxyl groups excluding tert-OH is 3. The van der Waals surface area contributed by atoms with E-state index in [2.05, 4.69) is 47.2 Å². The lowest BCUT2D eigenvalue weighted by atomic mass is 10.0. The molecule has 0 spiro atoms. The highest BCUT2D eigenvalue weighted by Crippen LogP contribution is 2.08. The number of hydrogen-bond acceptors (Lipinski definition) is 16. The summed E-state index contributed by atoms with van der Waals surface area (Å²) in [5.41, 5.74) is 6.83. The van der Waals surface area contributed by atoms with E-state index >= 15 is 0 Å². The van der Waals surface area contributed by atoms with Crippen LogP contribution in [0.15, 0.2) is 42.9 Å². The van der Waals surface area contributed by atoms with Gasteiger partial charge in [0.1, 0.15) is 42.3 Å². The van der Waals surface area contributed by atoms with Crippen LogP contribution in [0.2, 0.25) is 0 Å². The molecule has 0 unspecified atom stereocenters. The third kappa shape index (κ3) is 19.7. The Morgan fingerprint density at radius 2 is 1.27 bits per heavy atom. The largest absolute Gasteiger partial charge is 0.481 e. The summed E-state index contributed by atoms with van der Waals surface area (Å²) in [6.45, 7) is 1.50. The standard InChI is InChI=1S/C40H56N11O16/c1-19(45-35(62)25(41)12-23-14-42-18-44-23)34(61)47-26(9-10-30(57)58)36(63)43-15-29(56)50-32(20(2)54)39(66)48-27(11-22-7-5-4-6-8-22)37(64)51-33(21(3)55)40(67)49-28(17-53)38(65)46-24(16-52)13-31(59)60/h4-8,14,18-21,24-28,32-33,53-55H,9-13,15,17,41H2,1-3H3,(H,42,44)(H,43,63)(H,45,62)(H,46,65)(H,47,61)(H,48,66)(H,49,67)(H,50,56)(H,51,64)(H,57,58)(H,59,60)/t19-,20+,21+,24-,25-,26-,27-,28-,32-,33-/m0/s1. The second-order valence-corrected chi connectivity index (χ2v) is 15.1. The molecule has 16 N–H and O–H groups in total. The lowest BCUT2D eigenvalue weighted by Gasteiger charge is -2.28. The molecule has 0 saturated carbocycles. The van der Waals surface area contributed by atoms with Gasteiger partial charge in [-0.15, -0.1) is 0 Å². The van der Waals surface area contributed by atoms with Crippen molar-refractivity contribution in [3.05, 3.63) is 54.1 Å². The van der Waals surface area contributed by atoms with Crippen LogP contribution in [0, 0.1) is 0 Å². The van der Waals surface area contributed by atoms with Gasteiger partial charge in [0.15, 0.2) is 0 Å². The number of carbonyl (C=O) groups excluding carboxylic acids is 9. The Labute approximate surface area is 382 Å². The second-order valence-electron chi connectivity index (χ2n) is 15.1. The van der Waals surface area contributed by atoms with Crippen molar-refractivity contribution in [2.45, 2.75) is 113 Å². The number of nitrogens with two attached hydrogens (primary N) is 1. The summed E-state index contributed by atoms with van der Waals surface area (Å²) in [6, 6.07) is -4.64. The van der Waals surface area contributed by atoms with E-state index in [1.807, 2.05) is 5.32 Å². The van der Waals surface area contributed by atoms with Crippen LogP contribution in [-0.2, 0) is 65.6 Å². The molecule has 1 aromatic carbocycles. The minimum Gasteiger partial charge on any atom is -0.481 e. The van der Waals surface area contributed by atoms with E-state index in [0.29, 0.717) is 11.3 Å². The first-order chi connectivity index (χ1) is 31.6. The number of hydrogen-bond donors (Lipinski definition) is 15. The van der Waals surface area contributed by atoms with Crippen LogP contribution >= 0.6 is 0 Å². The number of aromatic amines is 1. The van der Waals surface area contributed by atoms with E-state index in [9.17, 15) is 73.2 Å². The van der Waals surface area contributed by atoms with Gasteiger partial charge in [-0.3, -0.25) is 52.7 Å². The molecule has 367 valence electrons. The van der Waals surface area contributed by atoms with Gasteiger partial charge in [-0.1, -0.05) is 30.3 Å². The van der Waals surface area contributed by atoms with Crippen molar-refractivity contribution < 1.29 is 78.3 Å². The van der Waals surface area contributed by atoms with Crippen LogP contribution in [0.1, 0.15) is 51.3 Å². The van der Waals surface area contributed by atoms with E-state index in [0.717, 1.165) is 13.8 Å². The number of aliphatic carboxylic acids is 2. The number of nitrogens with zero attached hydrogens (tertiary/aromatic N) is 1. The minimum atomic E-state index is -1.87. The summed E-state index contributed by atoms with van der Waals surface area (Å²) in [6.07, 6.45) is -1.33. The van der Waals surface area contributed by atoms with Crippen molar-refractivity contribution in [2.75, 3.05) is 13.2 Å². The molecule has 0 aliphatic heterocycles. The van der Waals surface area contributed by atoms with Gasteiger partial charge < -0.3 is 78.8 Å². The van der Waals surface area contributed by atoms with E-state index < -0.39 is 152 Å². The van der Waals surface area contributed by atoms with Crippen molar-refractivity contribution in [1.82, 2.24) is 52.5 Å². The van der Waals surface area contributed by atoms with E-state index in [1.54, 1.807) is 30.3 Å². The predicted octanol–water partition coefficient (Wildman–Crippen LogP) is -6.75. The average Bonchev–Trinajstić information content (AvgIpc) is 3.79. The number of nitrogens with one attached hydrogen (secondary N) is 9. The SMILES string of the molecule is C[C@H](NC(=O)[C@@H](N)Cc1c[nH]cn1)C(=O)N[C@@H](CCC(=O)O)C(=O)NCC(=O)N[C@H](C(=O)N[C@@H](Cc1ccccc1)C(=O)N[C@H](C(=O)N[C@@H](CO)C(=O)N[C@H]([C]=O)CC(=O)O)[C@@H](C)O)[C@@H](C)O. The fourth-order valence-corrected chi connectivity index (χ4v) is 5.86. The summed E-state index contributed by atoms with van der Waals surface area (Å²) in [4.78, 5) is 145. The summed E-state index contributed by atoms with van der Waals surface area (Å²) >= 11 is 0. The number of rotatable bonds is 29. The van der Waals surface area contributed by atoms with Crippen molar-refractivity contribution >= 4 is 65.5 Å². The van der Waals surface area contributed by atoms with Gasteiger partial charge in [0.05, 0.1) is 49.8 Å². The molecule has 2 aromatic rings. The molecule has 1 heterocycles. The number of imidazole rings is 1. The van der Waals surface area contributed by atoms with Crippen molar-refractivity contribution in [3.63, 3.8) is 0 Å². The lowest BCUT2D eigenvalue weighted by Crippen LogP contribution is -2.62. The average molecular weight is 947 g/mol.